The van der Waals surface area contributed by atoms with Crippen LogP contribution in [0, 0.1) is 10.8 Å². The maximum Gasteiger partial charge on any atom is 0.311 e. The van der Waals surface area contributed by atoms with Gasteiger partial charge in [0.15, 0.2) is 8.32 Å². The summed E-state index contributed by atoms with van der Waals surface area (Å²) in [5.41, 5.74) is -0.772. The Hall–Kier alpha value is -0.706. The predicted molar refractivity (Wildman–Crippen MR) is 133 cm³/mol. The predicted octanol–water partition coefficient (Wildman–Crippen LogP) is 4.84. The molecule has 0 aliphatic heterocycles. The Labute approximate surface area is 194 Å². The topological polar surface area (TPSA) is 82.1 Å². The van der Waals surface area contributed by atoms with Crippen molar-refractivity contribution in [2.75, 3.05) is 19.8 Å². The summed E-state index contributed by atoms with van der Waals surface area (Å²) in [5.74, 6) is -0.313. The monoisotopic (exact) mass is 478 g/mol. The van der Waals surface area contributed by atoms with E-state index in [1.165, 1.54) is 18.9 Å². The molecule has 0 aromatic heterocycles. The third-order valence-electron chi connectivity index (χ3n) is 5.59. The molecule has 0 bridgehead atoms. The van der Waals surface area contributed by atoms with Gasteiger partial charge in [0.1, 0.15) is 16.4 Å². The fourth-order valence-electron chi connectivity index (χ4n) is 2.25. The molecule has 0 aromatic carbocycles. The van der Waals surface area contributed by atoms with Crippen LogP contribution in [0.3, 0.4) is 0 Å². The van der Waals surface area contributed by atoms with E-state index in [2.05, 4.69) is 20.0 Å². The van der Waals surface area contributed by atoms with Crippen molar-refractivity contribution in [1.82, 2.24) is 0 Å². The lowest BCUT2D eigenvalue weighted by Gasteiger charge is -2.24. The Kier molecular flexibility index (Phi) is 17.7. The van der Waals surface area contributed by atoms with Crippen molar-refractivity contribution < 1.29 is 28.3 Å². The minimum Gasteiger partial charge on any atom is -0.465 e. The molecule has 0 radical (unpaired) electrons. The van der Waals surface area contributed by atoms with E-state index in [9.17, 15) is 9.59 Å². The third-order valence-corrected chi connectivity index (χ3v) is 11.9. The summed E-state index contributed by atoms with van der Waals surface area (Å²) in [6.45, 7) is 18.8. The average Bonchev–Trinajstić information content (AvgIpc) is 2.72. The number of hydrogen-bond donors (Lipinski definition) is 1. The highest BCUT2D eigenvalue weighted by Crippen LogP contribution is 2.22. The average molecular weight is 479 g/mol. The summed E-state index contributed by atoms with van der Waals surface area (Å²) in [5, 5.41) is 8.38. The van der Waals surface area contributed by atoms with Crippen LogP contribution in [0.25, 0.3) is 0 Å². The first-order valence-electron chi connectivity index (χ1n) is 11.9. The van der Waals surface area contributed by atoms with Crippen LogP contribution in [0.15, 0.2) is 0 Å². The van der Waals surface area contributed by atoms with Crippen LogP contribution in [0.1, 0.15) is 80.6 Å². The van der Waals surface area contributed by atoms with Gasteiger partial charge in [-0.1, -0.05) is 33.6 Å². The lowest BCUT2D eigenvalue weighted by molar-refractivity contribution is -0.155. The van der Waals surface area contributed by atoms with E-state index in [0.717, 1.165) is 25.3 Å². The summed E-state index contributed by atoms with van der Waals surface area (Å²) >= 11 is 0. The molecule has 6 nitrogen and oxygen atoms in total. The van der Waals surface area contributed by atoms with Crippen LogP contribution in [0.5, 0.6) is 0 Å². The van der Waals surface area contributed by atoms with Gasteiger partial charge in [0.25, 0.3) is 0 Å². The number of carbonyl (C=O) groups is 2. The fourth-order valence-corrected chi connectivity index (χ4v) is 7.32. The highest BCUT2D eigenvalue weighted by atomic mass is 28.4. The number of hydrogen-bond acceptors (Lipinski definition) is 6. The standard InChI is InChI=1S/C15H34O3Si2.C8H16O3/c1-7-9-12-19-18-20(5,6)13-10-11-17-14(16)15(3,4)8-2;1-4-8(2,3)7(10)11-6-5-9/h7-13,19H2,1-6H3;9H,4-6H2,1-3H3. The van der Waals surface area contributed by atoms with Crippen molar-refractivity contribution >= 4 is 30.0 Å². The van der Waals surface area contributed by atoms with Crippen molar-refractivity contribution in [1.29, 1.82) is 0 Å². The number of aliphatic hydroxyl groups is 1. The molecule has 31 heavy (non-hydrogen) atoms. The molecule has 0 rings (SSSR count). The summed E-state index contributed by atoms with van der Waals surface area (Å²) in [6.07, 6.45) is 5.07. The van der Waals surface area contributed by atoms with Crippen LogP contribution in [-0.4, -0.2) is 54.9 Å². The van der Waals surface area contributed by atoms with Crippen LogP contribution in [-0.2, 0) is 23.2 Å². The van der Waals surface area contributed by atoms with E-state index >= 15 is 0 Å². The van der Waals surface area contributed by atoms with Crippen LogP contribution >= 0.6 is 0 Å². The molecular formula is C23H50O6Si2. The lowest BCUT2D eigenvalue weighted by Crippen LogP contribution is -2.32. The van der Waals surface area contributed by atoms with E-state index in [1.807, 2.05) is 41.5 Å². The zero-order chi connectivity index (χ0) is 24.6. The molecule has 8 heteroatoms. The molecule has 1 N–H and O–H groups in total. The Balaban J connectivity index is 0. The first kappa shape index (κ1) is 32.5. The largest absolute Gasteiger partial charge is 0.465 e. The molecule has 0 spiro atoms. The van der Waals surface area contributed by atoms with Crippen LogP contribution in [0.2, 0.25) is 25.2 Å². The first-order valence-corrected chi connectivity index (χ1v) is 16.6. The van der Waals surface area contributed by atoms with Crippen molar-refractivity contribution in [3.05, 3.63) is 0 Å². The van der Waals surface area contributed by atoms with Gasteiger partial charge in [0.2, 0.25) is 0 Å². The summed E-state index contributed by atoms with van der Waals surface area (Å²) in [7, 11) is -1.83. The Morgan fingerprint density at radius 3 is 1.77 bits per heavy atom. The number of carbonyl (C=O) groups excluding carboxylic acids is 2. The molecular weight excluding hydrogens is 428 g/mol. The van der Waals surface area contributed by atoms with Gasteiger partial charge in [-0.3, -0.25) is 9.59 Å². The highest BCUT2D eigenvalue weighted by molar-refractivity contribution is 6.75. The zero-order valence-corrected chi connectivity index (χ0v) is 24.2. The molecule has 0 atom stereocenters. The van der Waals surface area contributed by atoms with Gasteiger partial charge in [0, 0.05) is 0 Å². The summed E-state index contributed by atoms with van der Waals surface area (Å²) < 4.78 is 16.3. The zero-order valence-electron chi connectivity index (χ0n) is 21.8. The number of rotatable bonds is 15. The SMILES string of the molecule is CCC(C)(C)C(=O)OCCO.CCCC[SiH2]O[Si](C)(C)CCCOC(=O)C(C)(C)CC. The van der Waals surface area contributed by atoms with Gasteiger partial charge < -0.3 is 18.7 Å². The maximum atomic E-state index is 11.8. The van der Waals surface area contributed by atoms with Crippen molar-refractivity contribution in [2.45, 2.75) is 106 Å². The molecule has 0 amide bonds. The van der Waals surface area contributed by atoms with Gasteiger partial charge in [-0.25, -0.2) is 0 Å². The maximum absolute atomic E-state index is 11.8. The van der Waals surface area contributed by atoms with E-state index < -0.39 is 13.7 Å². The third kappa shape index (κ3) is 16.6. The molecule has 0 aliphatic rings. The van der Waals surface area contributed by atoms with E-state index in [0.29, 0.717) is 6.61 Å². The Bertz CT molecular complexity index is 492. The molecule has 186 valence electrons. The number of esters is 2. The van der Waals surface area contributed by atoms with E-state index in [-0.39, 0.29) is 40.3 Å². The van der Waals surface area contributed by atoms with E-state index in [1.54, 1.807) is 0 Å². The molecule has 0 aliphatic carbocycles. The molecule has 0 saturated heterocycles. The van der Waals surface area contributed by atoms with Gasteiger partial charge in [-0.15, -0.1) is 0 Å². The second-order valence-corrected chi connectivity index (χ2v) is 16.2. The fraction of sp³-hybridized carbons (Fsp3) is 0.913. The van der Waals surface area contributed by atoms with Gasteiger partial charge >= 0.3 is 11.9 Å². The van der Waals surface area contributed by atoms with Gasteiger partial charge in [-0.2, -0.15) is 0 Å². The molecule has 0 unspecified atom stereocenters. The smallest absolute Gasteiger partial charge is 0.311 e. The molecule has 0 aromatic rings. The number of unbranched alkanes of at least 4 members (excludes halogenated alkanes) is 1. The lowest BCUT2D eigenvalue weighted by atomic mass is 9.91. The first-order chi connectivity index (χ1) is 14.3. The second-order valence-electron chi connectivity index (χ2n) is 9.89. The van der Waals surface area contributed by atoms with Gasteiger partial charge in [-0.05, 0) is 72.1 Å². The van der Waals surface area contributed by atoms with Crippen LogP contribution in [0.4, 0.5) is 0 Å². The normalized spacial score (nSPS) is 12.5. The second kappa shape index (κ2) is 16.9. The van der Waals surface area contributed by atoms with Gasteiger partial charge in [0.05, 0.1) is 24.0 Å². The highest BCUT2D eigenvalue weighted by Gasteiger charge is 2.28. The minimum absolute atomic E-state index is 0.0716. The van der Waals surface area contributed by atoms with Crippen molar-refractivity contribution in [3.63, 3.8) is 0 Å². The quantitative estimate of drug-likeness (QED) is 0.206. The van der Waals surface area contributed by atoms with Crippen LogP contribution < -0.4 is 0 Å². The van der Waals surface area contributed by atoms with Crippen molar-refractivity contribution in [2.24, 2.45) is 10.8 Å². The molecule has 0 saturated carbocycles. The van der Waals surface area contributed by atoms with E-state index in [4.69, 9.17) is 18.7 Å². The molecule has 0 fully saturated rings. The summed E-state index contributed by atoms with van der Waals surface area (Å²) in [4.78, 5) is 23.0. The number of ether oxygens (including phenoxy) is 2. The number of aliphatic hydroxyl groups excluding tert-OH is 1. The molecule has 0 heterocycles. The van der Waals surface area contributed by atoms with Crippen molar-refractivity contribution in [3.8, 4) is 0 Å². The Morgan fingerprint density at radius 1 is 0.871 bits per heavy atom. The Morgan fingerprint density at radius 2 is 1.35 bits per heavy atom. The summed E-state index contributed by atoms with van der Waals surface area (Å²) in [6, 6.07) is 2.39. The minimum atomic E-state index is -1.51.